The number of ether oxygens (including phenoxy) is 1. The van der Waals surface area contributed by atoms with Gasteiger partial charge in [-0.3, -0.25) is 25.0 Å². The second kappa shape index (κ2) is 6.10. The Balaban J connectivity index is 1.92. The Morgan fingerprint density at radius 1 is 1.44 bits per heavy atom. The number of hydrogen-bond acceptors (Lipinski definition) is 10. The highest BCUT2D eigenvalue weighted by Gasteiger charge is 2.22. The monoisotopic (exact) mass is 388 g/mol. The van der Waals surface area contributed by atoms with Crippen molar-refractivity contribution in [3.05, 3.63) is 44.4 Å². The third-order valence-corrected chi connectivity index (χ3v) is 4.67. The lowest BCUT2D eigenvalue weighted by atomic mass is 10.2. The Morgan fingerprint density at radius 3 is 2.93 bits per heavy atom. The molecule has 0 aliphatic rings. The molecule has 3 aromatic heterocycles. The SMILES string of the molecule is COc1cc2sc3ncc(C(=O)Nc4nnn[nH]4)c(=O)n3c2cc1[N+](=O)[O-]. The first-order valence-corrected chi connectivity index (χ1v) is 8.03. The number of tetrazole rings is 1. The number of carbonyl (C=O) groups is 1. The number of fused-ring (bicyclic) bond motifs is 3. The van der Waals surface area contributed by atoms with E-state index in [2.05, 4.69) is 30.9 Å². The minimum absolute atomic E-state index is 0.0416. The molecule has 0 bridgehead atoms. The summed E-state index contributed by atoms with van der Waals surface area (Å²) < 4.78 is 6.71. The molecule has 13 nitrogen and oxygen atoms in total. The van der Waals surface area contributed by atoms with Gasteiger partial charge in [0.05, 0.1) is 22.2 Å². The number of anilines is 1. The van der Waals surface area contributed by atoms with Crippen molar-refractivity contribution >= 4 is 44.1 Å². The van der Waals surface area contributed by atoms with Crippen LogP contribution in [0.5, 0.6) is 5.75 Å². The van der Waals surface area contributed by atoms with Crippen LogP contribution in [0.3, 0.4) is 0 Å². The molecular weight excluding hydrogens is 380 g/mol. The zero-order valence-electron chi connectivity index (χ0n) is 13.4. The van der Waals surface area contributed by atoms with Crippen molar-refractivity contribution in [3.63, 3.8) is 0 Å². The number of nitro groups is 1. The second-order valence-electron chi connectivity index (χ2n) is 5.15. The number of aromatic amines is 1. The van der Waals surface area contributed by atoms with Crippen LogP contribution in [0.4, 0.5) is 11.6 Å². The number of methoxy groups -OCH3 is 1. The van der Waals surface area contributed by atoms with Crippen LogP contribution in [-0.2, 0) is 0 Å². The van der Waals surface area contributed by atoms with Crippen LogP contribution in [-0.4, -0.2) is 47.9 Å². The van der Waals surface area contributed by atoms with Crippen LogP contribution < -0.4 is 15.6 Å². The minimum atomic E-state index is -0.775. The van der Waals surface area contributed by atoms with Gasteiger partial charge in [-0.05, 0) is 10.4 Å². The molecule has 0 saturated heterocycles. The average Bonchev–Trinajstić information content (AvgIpc) is 3.27. The summed E-state index contributed by atoms with van der Waals surface area (Å²) in [5.74, 6) is -0.759. The topological polar surface area (TPSA) is 170 Å². The molecule has 0 radical (unpaired) electrons. The Labute approximate surface area is 151 Å². The number of hydrogen-bond donors (Lipinski definition) is 2. The fraction of sp³-hybridized carbons (Fsp3) is 0.0769. The first-order chi connectivity index (χ1) is 13.0. The normalized spacial score (nSPS) is 11.0. The third-order valence-electron chi connectivity index (χ3n) is 3.65. The maximum atomic E-state index is 12.8. The number of nitro benzene ring substituents is 1. The molecule has 0 atom stereocenters. The number of carbonyl (C=O) groups excluding carboxylic acids is 1. The highest BCUT2D eigenvalue weighted by Crippen LogP contribution is 2.35. The Hall–Kier alpha value is -3.94. The predicted molar refractivity (Wildman–Crippen MR) is 92.2 cm³/mol. The molecule has 0 aliphatic heterocycles. The lowest BCUT2D eigenvalue weighted by Gasteiger charge is -2.03. The van der Waals surface area contributed by atoms with E-state index in [1.165, 1.54) is 19.2 Å². The molecule has 0 unspecified atom stereocenters. The lowest BCUT2D eigenvalue weighted by Crippen LogP contribution is -2.26. The highest BCUT2D eigenvalue weighted by molar-refractivity contribution is 7.23. The number of H-pyrrole nitrogens is 1. The van der Waals surface area contributed by atoms with Crippen LogP contribution in [0.25, 0.3) is 15.2 Å². The van der Waals surface area contributed by atoms with Gasteiger partial charge in [0.2, 0.25) is 5.95 Å². The smallest absolute Gasteiger partial charge is 0.313 e. The zero-order chi connectivity index (χ0) is 19.1. The van der Waals surface area contributed by atoms with Crippen molar-refractivity contribution in [2.45, 2.75) is 0 Å². The quantitative estimate of drug-likeness (QED) is 0.375. The molecule has 27 heavy (non-hydrogen) atoms. The van der Waals surface area contributed by atoms with Gasteiger partial charge in [-0.15, -0.1) is 0 Å². The van der Waals surface area contributed by atoms with E-state index in [9.17, 15) is 19.7 Å². The van der Waals surface area contributed by atoms with Crippen LogP contribution >= 0.6 is 11.3 Å². The molecule has 4 aromatic rings. The van der Waals surface area contributed by atoms with E-state index in [1.807, 2.05) is 0 Å². The van der Waals surface area contributed by atoms with Crippen molar-refractivity contribution in [1.29, 1.82) is 0 Å². The van der Waals surface area contributed by atoms with Gasteiger partial charge in [-0.25, -0.2) is 14.5 Å². The van der Waals surface area contributed by atoms with Crippen molar-refractivity contribution < 1.29 is 14.5 Å². The van der Waals surface area contributed by atoms with E-state index in [1.54, 1.807) is 0 Å². The van der Waals surface area contributed by atoms with E-state index in [0.29, 0.717) is 4.70 Å². The van der Waals surface area contributed by atoms with Crippen LogP contribution in [0.2, 0.25) is 0 Å². The van der Waals surface area contributed by atoms with Gasteiger partial charge in [-0.2, -0.15) is 0 Å². The first kappa shape index (κ1) is 16.5. The van der Waals surface area contributed by atoms with E-state index >= 15 is 0 Å². The molecule has 14 heteroatoms. The Kier molecular flexibility index (Phi) is 3.73. The van der Waals surface area contributed by atoms with Crippen molar-refractivity contribution in [2.75, 3.05) is 12.4 Å². The second-order valence-corrected chi connectivity index (χ2v) is 6.16. The Morgan fingerprint density at radius 2 is 2.26 bits per heavy atom. The van der Waals surface area contributed by atoms with Crippen molar-refractivity contribution in [2.24, 2.45) is 0 Å². The number of amides is 1. The molecule has 4 rings (SSSR count). The first-order valence-electron chi connectivity index (χ1n) is 7.21. The van der Waals surface area contributed by atoms with E-state index in [0.717, 1.165) is 21.9 Å². The summed E-state index contributed by atoms with van der Waals surface area (Å²) in [6.45, 7) is 0. The lowest BCUT2D eigenvalue weighted by molar-refractivity contribution is -0.385. The molecule has 0 spiro atoms. The molecule has 0 fully saturated rings. The number of nitrogens with one attached hydrogen (secondary N) is 2. The maximum absolute atomic E-state index is 12.8. The number of benzene rings is 1. The molecular formula is C13H8N8O5S. The third kappa shape index (κ3) is 2.63. The van der Waals surface area contributed by atoms with Gasteiger partial charge in [0, 0.05) is 18.3 Å². The fourth-order valence-corrected chi connectivity index (χ4v) is 3.46. The van der Waals surface area contributed by atoms with Gasteiger partial charge >= 0.3 is 5.69 Å². The number of nitrogens with zero attached hydrogens (tertiary/aromatic N) is 6. The summed E-state index contributed by atoms with van der Waals surface area (Å²) >= 11 is 1.13. The summed E-state index contributed by atoms with van der Waals surface area (Å²) in [6, 6.07) is 2.66. The van der Waals surface area contributed by atoms with Crippen molar-refractivity contribution in [3.8, 4) is 5.75 Å². The van der Waals surface area contributed by atoms with Gasteiger partial charge < -0.3 is 4.74 Å². The molecule has 1 aromatic carbocycles. The van der Waals surface area contributed by atoms with Gasteiger partial charge in [0.15, 0.2) is 10.7 Å². The highest BCUT2D eigenvalue weighted by atomic mass is 32.1. The summed E-state index contributed by atoms with van der Waals surface area (Å²) in [7, 11) is 1.31. The number of rotatable bonds is 4. The molecule has 0 aliphatic carbocycles. The van der Waals surface area contributed by atoms with E-state index in [-0.39, 0.29) is 33.4 Å². The molecule has 2 N–H and O–H groups in total. The van der Waals surface area contributed by atoms with Crippen LogP contribution in [0, 0.1) is 10.1 Å². The number of aromatic nitrogens is 6. The van der Waals surface area contributed by atoms with Gasteiger partial charge in [-0.1, -0.05) is 16.4 Å². The van der Waals surface area contributed by atoms with E-state index < -0.39 is 16.4 Å². The van der Waals surface area contributed by atoms with Crippen LogP contribution in [0.1, 0.15) is 10.4 Å². The summed E-state index contributed by atoms with van der Waals surface area (Å²) in [6.07, 6.45) is 1.12. The fourth-order valence-electron chi connectivity index (χ4n) is 2.47. The summed E-state index contributed by atoms with van der Waals surface area (Å²) in [5, 5.41) is 26.0. The van der Waals surface area contributed by atoms with Crippen LogP contribution in [0.15, 0.2) is 23.1 Å². The zero-order valence-corrected chi connectivity index (χ0v) is 14.2. The predicted octanol–water partition coefficient (Wildman–Crippen LogP) is 0.591. The molecule has 1 amide bonds. The average molecular weight is 388 g/mol. The molecule has 3 heterocycles. The largest absolute Gasteiger partial charge is 0.490 e. The summed E-state index contributed by atoms with van der Waals surface area (Å²) in [4.78, 5) is 40.1. The van der Waals surface area contributed by atoms with Crippen molar-refractivity contribution in [1.82, 2.24) is 30.0 Å². The maximum Gasteiger partial charge on any atom is 0.313 e. The molecule has 0 saturated carbocycles. The van der Waals surface area contributed by atoms with Gasteiger partial charge in [0.1, 0.15) is 5.56 Å². The van der Waals surface area contributed by atoms with Gasteiger partial charge in [0.25, 0.3) is 11.5 Å². The minimum Gasteiger partial charge on any atom is -0.490 e. The Bertz CT molecular complexity index is 1260. The van der Waals surface area contributed by atoms with E-state index in [4.69, 9.17) is 4.74 Å². The number of thiazole rings is 1. The summed E-state index contributed by atoms with van der Waals surface area (Å²) in [5.41, 5.74) is -1.02. The molecule has 136 valence electrons. The standard InChI is InChI=1S/C13H8N8O5S/c1-26-8-3-9-7(2-6(8)21(24)25)20-11(23)5(4-14-13(20)27-9)10(22)15-12-16-18-19-17-12/h2-4H,1H3,(H2,15,16,17,18,19,22).